The van der Waals surface area contributed by atoms with E-state index >= 15 is 0 Å². The summed E-state index contributed by atoms with van der Waals surface area (Å²) < 4.78 is 0. The maximum absolute atomic E-state index is 11.6. The summed E-state index contributed by atoms with van der Waals surface area (Å²) in [5, 5.41) is 2.91. The van der Waals surface area contributed by atoms with E-state index in [1.165, 1.54) is 11.8 Å². The fourth-order valence-electron chi connectivity index (χ4n) is 1.65. The van der Waals surface area contributed by atoms with E-state index in [9.17, 15) is 9.59 Å². The molecule has 1 aromatic rings. The third kappa shape index (κ3) is 3.73. The molecule has 0 bridgehead atoms. The number of hydrogen-bond acceptors (Lipinski definition) is 4. The summed E-state index contributed by atoms with van der Waals surface area (Å²) >= 11 is 1.32. The molecule has 0 aromatic carbocycles. The van der Waals surface area contributed by atoms with E-state index in [0.717, 1.165) is 17.9 Å². The highest BCUT2D eigenvalue weighted by molar-refractivity contribution is 8.13. The number of pyridine rings is 1. The van der Waals surface area contributed by atoms with Crippen molar-refractivity contribution in [3.05, 3.63) is 30.1 Å². The van der Waals surface area contributed by atoms with Crippen molar-refractivity contribution in [1.29, 1.82) is 0 Å². The van der Waals surface area contributed by atoms with Gasteiger partial charge in [-0.2, -0.15) is 0 Å². The van der Waals surface area contributed by atoms with Gasteiger partial charge in [0.2, 0.25) is 5.91 Å². The van der Waals surface area contributed by atoms with Crippen LogP contribution in [0.4, 0.5) is 4.79 Å². The first kappa shape index (κ1) is 12.9. The van der Waals surface area contributed by atoms with Crippen molar-refractivity contribution < 1.29 is 9.59 Å². The molecule has 0 radical (unpaired) electrons. The molecule has 2 amide bonds. The van der Waals surface area contributed by atoms with E-state index in [-0.39, 0.29) is 11.1 Å². The maximum atomic E-state index is 11.6. The van der Waals surface area contributed by atoms with E-state index in [0.29, 0.717) is 19.5 Å². The number of carbonyl (C=O) groups is 2. The molecule has 6 heteroatoms. The van der Waals surface area contributed by atoms with E-state index in [2.05, 4.69) is 10.3 Å². The summed E-state index contributed by atoms with van der Waals surface area (Å²) in [6, 6.07) is 3.72. The number of hydrogen-bond donors (Lipinski definition) is 1. The summed E-state index contributed by atoms with van der Waals surface area (Å²) in [6.07, 6.45) is 3.75. The van der Waals surface area contributed by atoms with Crippen molar-refractivity contribution in [2.24, 2.45) is 0 Å². The molecule has 0 unspecified atom stereocenters. The molecular formula is C12H15N3O2S. The Labute approximate surface area is 110 Å². The topological polar surface area (TPSA) is 62.3 Å². The number of amides is 2. The lowest BCUT2D eigenvalue weighted by Gasteiger charge is -2.13. The van der Waals surface area contributed by atoms with Crippen molar-refractivity contribution in [3.63, 3.8) is 0 Å². The van der Waals surface area contributed by atoms with Gasteiger partial charge in [-0.3, -0.25) is 14.6 Å². The lowest BCUT2D eigenvalue weighted by molar-refractivity contribution is -0.121. The first-order valence-corrected chi connectivity index (χ1v) is 6.81. The Morgan fingerprint density at radius 2 is 2.22 bits per heavy atom. The van der Waals surface area contributed by atoms with Crippen LogP contribution < -0.4 is 5.32 Å². The normalized spacial score (nSPS) is 14.9. The summed E-state index contributed by atoms with van der Waals surface area (Å²) in [4.78, 5) is 28.6. The molecule has 0 spiro atoms. The fraction of sp³-hybridized carbons (Fsp3) is 0.417. The first-order valence-electron chi connectivity index (χ1n) is 5.83. The van der Waals surface area contributed by atoms with Gasteiger partial charge in [-0.15, -0.1) is 0 Å². The van der Waals surface area contributed by atoms with Gasteiger partial charge in [0, 0.05) is 44.2 Å². The predicted molar refractivity (Wildman–Crippen MR) is 70.1 cm³/mol. The largest absolute Gasteiger partial charge is 0.352 e. The molecule has 2 heterocycles. The van der Waals surface area contributed by atoms with E-state index in [1.807, 2.05) is 12.1 Å². The molecule has 1 aliphatic rings. The van der Waals surface area contributed by atoms with Crippen LogP contribution in [0.5, 0.6) is 0 Å². The summed E-state index contributed by atoms with van der Waals surface area (Å²) in [6.45, 7) is 1.76. The second kappa shape index (κ2) is 6.39. The van der Waals surface area contributed by atoms with E-state index < -0.39 is 0 Å². The van der Waals surface area contributed by atoms with Crippen LogP contribution in [-0.2, 0) is 11.3 Å². The van der Waals surface area contributed by atoms with Crippen molar-refractivity contribution >= 4 is 22.9 Å². The average molecular weight is 265 g/mol. The molecule has 0 saturated carbocycles. The molecular weight excluding hydrogens is 250 g/mol. The highest BCUT2D eigenvalue weighted by Gasteiger charge is 2.21. The fourth-order valence-corrected chi connectivity index (χ4v) is 2.51. The highest BCUT2D eigenvalue weighted by atomic mass is 32.2. The van der Waals surface area contributed by atoms with Crippen LogP contribution in [0.25, 0.3) is 0 Å². The molecule has 1 aliphatic heterocycles. The molecule has 1 aromatic heterocycles. The van der Waals surface area contributed by atoms with Crippen LogP contribution in [0, 0.1) is 0 Å². The zero-order chi connectivity index (χ0) is 12.8. The third-order valence-electron chi connectivity index (χ3n) is 2.69. The molecule has 5 nitrogen and oxygen atoms in total. The van der Waals surface area contributed by atoms with Crippen LogP contribution in [0.15, 0.2) is 24.5 Å². The molecule has 2 rings (SSSR count). The number of carbonyl (C=O) groups excluding carboxylic acids is 2. The van der Waals surface area contributed by atoms with Crippen molar-refractivity contribution in [2.75, 3.05) is 18.8 Å². The van der Waals surface area contributed by atoms with Crippen LogP contribution in [0.1, 0.15) is 12.0 Å². The van der Waals surface area contributed by atoms with Gasteiger partial charge in [0.05, 0.1) is 0 Å². The molecule has 96 valence electrons. The van der Waals surface area contributed by atoms with Gasteiger partial charge in [-0.25, -0.2) is 0 Å². The number of thioether (sulfide) groups is 1. The second-order valence-electron chi connectivity index (χ2n) is 3.98. The second-order valence-corrected chi connectivity index (χ2v) is 5.03. The summed E-state index contributed by atoms with van der Waals surface area (Å²) in [7, 11) is 0. The number of nitrogens with one attached hydrogen (secondary N) is 1. The minimum absolute atomic E-state index is 0.0310. The van der Waals surface area contributed by atoms with Crippen molar-refractivity contribution in [1.82, 2.24) is 15.2 Å². The van der Waals surface area contributed by atoms with Gasteiger partial charge in [0.25, 0.3) is 5.24 Å². The number of nitrogens with zero attached hydrogens (tertiary/aromatic N) is 2. The average Bonchev–Trinajstić information content (AvgIpc) is 2.81. The summed E-state index contributed by atoms with van der Waals surface area (Å²) in [5.74, 6) is 0.800. The minimum Gasteiger partial charge on any atom is -0.352 e. The van der Waals surface area contributed by atoms with Gasteiger partial charge < -0.3 is 10.2 Å². The quantitative estimate of drug-likeness (QED) is 0.870. The monoisotopic (exact) mass is 265 g/mol. The Bertz CT molecular complexity index is 425. The van der Waals surface area contributed by atoms with Crippen molar-refractivity contribution in [2.45, 2.75) is 13.0 Å². The van der Waals surface area contributed by atoms with Crippen molar-refractivity contribution in [3.8, 4) is 0 Å². The lowest BCUT2D eigenvalue weighted by Crippen LogP contribution is -2.30. The van der Waals surface area contributed by atoms with Gasteiger partial charge in [-0.1, -0.05) is 11.8 Å². The Kier molecular flexibility index (Phi) is 4.58. The molecule has 0 atom stereocenters. The number of aromatic nitrogens is 1. The predicted octanol–water partition coefficient (Wildman–Crippen LogP) is 1.26. The number of rotatable bonds is 5. The SMILES string of the molecule is O=C(CCN1CCSC1=O)NCc1ccncc1. The van der Waals surface area contributed by atoms with Crippen LogP contribution in [0.3, 0.4) is 0 Å². The van der Waals surface area contributed by atoms with Gasteiger partial charge in [0.15, 0.2) is 0 Å². The Balaban J connectivity index is 1.68. The molecule has 1 N–H and O–H groups in total. The minimum atomic E-state index is -0.0310. The molecule has 1 fully saturated rings. The van der Waals surface area contributed by atoms with E-state index in [1.54, 1.807) is 17.3 Å². The van der Waals surface area contributed by atoms with E-state index in [4.69, 9.17) is 0 Å². The van der Waals surface area contributed by atoms with Crippen LogP contribution in [-0.4, -0.2) is 39.9 Å². The Morgan fingerprint density at radius 1 is 1.44 bits per heavy atom. The Hall–Kier alpha value is -1.56. The highest BCUT2D eigenvalue weighted by Crippen LogP contribution is 2.16. The zero-order valence-corrected chi connectivity index (χ0v) is 10.8. The molecule has 0 aliphatic carbocycles. The van der Waals surface area contributed by atoms with Crippen LogP contribution >= 0.6 is 11.8 Å². The summed E-state index contributed by atoms with van der Waals surface area (Å²) in [5.41, 5.74) is 1.02. The van der Waals surface area contributed by atoms with Gasteiger partial charge >= 0.3 is 0 Å². The van der Waals surface area contributed by atoms with Gasteiger partial charge in [-0.05, 0) is 17.7 Å². The lowest BCUT2D eigenvalue weighted by atomic mass is 10.2. The standard InChI is InChI=1S/C12H15N3O2S/c16-11(3-6-15-7-8-18-12(15)17)14-9-10-1-4-13-5-2-10/h1-2,4-5H,3,6-9H2,(H,14,16). The molecule has 1 saturated heterocycles. The third-order valence-corrected chi connectivity index (χ3v) is 3.58. The smallest absolute Gasteiger partial charge is 0.281 e. The maximum Gasteiger partial charge on any atom is 0.281 e. The van der Waals surface area contributed by atoms with Gasteiger partial charge in [0.1, 0.15) is 0 Å². The van der Waals surface area contributed by atoms with Crippen LogP contribution in [0.2, 0.25) is 0 Å². The zero-order valence-electron chi connectivity index (χ0n) is 9.96. The Morgan fingerprint density at radius 3 is 2.89 bits per heavy atom. The molecule has 18 heavy (non-hydrogen) atoms. The first-order chi connectivity index (χ1) is 8.75.